The van der Waals surface area contributed by atoms with Crippen LogP contribution < -0.4 is 4.74 Å². The van der Waals surface area contributed by atoms with Gasteiger partial charge in [0.05, 0.1) is 13.2 Å². The van der Waals surface area contributed by atoms with Crippen molar-refractivity contribution in [2.24, 2.45) is 0 Å². The lowest BCUT2D eigenvalue weighted by atomic mass is 10.0. The third-order valence-electron chi connectivity index (χ3n) is 4.96. The molecule has 2 aromatic rings. The Bertz CT molecular complexity index is 725. The Morgan fingerprint density at radius 3 is 2.19 bits per heavy atom. The van der Waals surface area contributed by atoms with Crippen molar-refractivity contribution in [2.75, 3.05) is 14.2 Å². The Morgan fingerprint density at radius 1 is 0.926 bits per heavy atom. The number of Topliss-reactive ketones (excluding diaryl/α,β-unsaturated/α-hetero) is 1. The highest BCUT2D eigenvalue weighted by atomic mass is 16.5. The molecule has 0 heterocycles. The first-order valence-corrected chi connectivity index (χ1v) is 9.50. The van der Waals surface area contributed by atoms with Gasteiger partial charge in [-0.1, -0.05) is 36.8 Å². The van der Waals surface area contributed by atoms with Crippen molar-refractivity contribution in [3.8, 4) is 5.75 Å². The summed E-state index contributed by atoms with van der Waals surface area (Å²) >= 11 is 0. The van der Waals surface area contributed by atoms with Crippen molar-refractivity contribution in [3.63, 3.8) is 0 Å². The van der Waals surface area contributed by atoms with Crippen molar-refractivity contribution in [1.82, 2.24) is 4.90 Å². The van der Waals surface area contributed by atoms with Gasteiger partial charge in [0.25, 0.3) is 0 Å². The number of hydrogen-bond donors (Lipinski definition) is 0. The minimum atomic E-state index is 0.0651. The summed E-state index contributed by atoms with van der Waals surface area (Å²) in [6, 6.07) is 17.3. The molecular weight excluding hydrogens is 338 g/mol. The van der Waals surface area contributed by atoms with Crippen LogP contribution in [0.5, 0.6) is 5.75 Å². The first kappa shape index (κ1) is 20.7. The number of hydrogen-bond acceptors (Lipinski definition) is 3. The molecule has 0 aromatic heterocycles. The summed E-state index contributed by atoms with van der Waals surface area (Å²) < 4.78 is 5.10. The van der Waals surface area contributed by atoms with Gasteiger partial charge < -0.3 is 9.64 Å². The number of ketones is 1. The van der Waals surface area contributed by atoms with Crippen LogP contribution in [0.2, 0.25) is 0 Å². The standard InChI is InChI=1S/C23H29NO3/c1-18(19-10-6-4-7-11-19)24(2)23(26)13-9-5-8-12-22(25)20-14-16-21(27-3)17-15-20/h4,6-7,10-11,14-18H,5,8-9,12-13H2,1-3H3/t18-/m1/s1. The minimum absolute atomic E-state index is 0.0651. The van der Waals surface area contributed by atoms with Gasteiger partial charge in [-0.2, -0.15) is 0 Å². The van der Waals surface area contributed by atoms with E-state index >= 15 is 0 Å². The first-order valence-electron chi connectivity index (χ1n) is 9.50. The van der Waals surface area contributed by atoms with Gasteiger partial charge >= 0.3 is 0 Å². The van der Waals surface area contributed by atoms with E-state index in [0.29, 0.717) is 18.4 Å². The van der Waals surface area contributed by atoms with Gasteiger partial charge in [0.15, 0.2) is 5.78 Å². The van der Waals surface area contributed by atoms with Gasteiger partial charge in [0.1, 0.15) is 5.75 Å². The van der Waals surface area contributed by atoms with Crippen molar-refractivity contribution in [3.05, 3.63) is 65.7 Å². The molecule has 0 unspecified atom stereocenters. The van der Waals surface area contributed by atoms with E-state index in [0.717, 1.165) is 30.6 Å². The number of carbonyl (C=O) groups is 2. The second kappa shape index (κ2) is 10.5. The second-order valence-electron chi connectivity index (χ2n) is 6.80. The highest BCUT2D eigenvalue weighted by Crippen LogP contribution is 2.20. The van der Waals surface area contributed by atoms with E-state index in [1.165, 1.54) is 0 Å². The zero-order valence-electron chi connectivity index (χ0n) is 16.5. The number of methoxy groups -OCH3 is 1. The summed E-state index contributed by atoms with van der Waals surface area (Å²) in [5.74, 6) is 1.03. The van der Waals surface area contributed by atoms with Crippen LogP contribution >= 0.6 is 0 Å². The van der Waals surface area contributed by atoms with Crippen LogP contribution in [0.4, 0.5) is 0 Å². The van der Waals surface area contributed by atoms with Crippen LogP contribution in [0, 0.1) is 0 Å². The van der Waals surface area contributed by atoms with Crippen molar-refractivity contribution in [1.29, 1.82) is 0 Å². The molecule has 0 N–H and O–H groups in total. The number of benzene rings is 2. The topological polar surface area (TPSA) is 46.6 Å². The Kier molecular flexibility index (Phi) is 8.05. The molecule has 0 saturated heterocycles. The van der Waals surface area contributed by atoms with E-state index in [1.807, 2.05) is 44.3 Å². The number of carbonyl (C=O) groups excluding carboxylic acids is 2. The molecule has 1 amide bonds. The molecule has 0 aliphatic heterocycles. The van der Waals surface area contributed by atoms with Gasteiger partial charge in [0, 0.05) is 25.5 Å². The van der Waals surface area contributed by atoms with Crippen LogP contribution in [-0.4, -0.2) is 30.7 Å². The molecule has 2 aromatic carbocycles. The number of amides is 1. The minimum Gasteiger partial charge on any atom is -0.497 e. The maximum Gasteiger partial charge on any atom is 0.222 e. The summed E-state index contributed by atoms with van der Waals surface area (Å²) in [6.07, 6.45) is 3.51. The highest BCUT2D eigenvalue weighted by molar-refractivity contribution is 5.96. The third kappa shape index (κ3) is 6.24. The molecule has 0 saturated carbocycles. The van der Waals surface area contributed by atoms with Crippen LogP contribution in [0.3, 0.4) is 0 Å². The van der Waals surface area contributed by atoms with E-state index in [-0.39, 0.29) is 17.7 Å². The molecule has 144 valence electrons. The molecule has 4 nitrogen and oxygen atoms in total. The number of rotatable bonds is 10. The molecule has 2 rings (SSSR count). The second-order valence-corrected chi connectivity index (χ2v) is 6.80. The first-order chi connectivity index (χ1) is 13.0. The van der Waals surface area contributed by atoms with E-state index in [1.54, 1.807) is 36.3 Å². The van der Waals surface area contributed by atoms with Crippen LogP contribution in [0.15, 0.2) is 54.6 Å². The van der Waals surface area contributed by atoms with E-state index in [4.69, 9.17) is 4.74 Å². The average molecular weight is 367 g/mol. The molecule has 0 aliphatic carbocycles. The van der Waals surface area contributed by atoms with Crippen molar-refractivity contribution < 1.29 is 14.3 Å². The normalized spacial score (nSPS) is 11.7. The zero-order valence-corrected chi connectivity index (χ0v) is 16.5. The third-order valence-corrected chi connectivity index (χ3v) is 4.96. The molecule has 1 atom stereocenters. The summed E-state index contributed by atoms with van der Waals surface area (Å²) in [7, 11) is 3.46. The Hall–Kier alpha value is -2.62. The fraction of sp³-hybridized carbons (Fsp3) is 0.391. The summed E-state index contributed by atoms with van der Waals surface area (Å²) in [5, 5.41) is 0. The molecule has 0 fully saturated rings. The lowest BCUT2D eigenvalue weighted by Crippen LogP contribution is -2.29. The van der Waals surface area contributed by atoms with Gasteiger partial charge in [-0.05, 0) is 49.6 Å². The van der Waals surface area contributed by atoms with E-state index in [2.05, 4.69) is 0 Å². The average Bonchev–Trinajstić information content (AvgIpc) is 2.72. The molecule has 0 radical (unpaired) electrons. The number of nitrogens with zero attached hydrogens (tertiary/aromatic N) is 1. The van der Waals surface area contributed by atoms with Crippen LogP contribution in [-0.2, 0) is 4.79 Å². The van der Waals surface area contributed by atoms with E-state index in [9.17, 15) is 9.59 Å². The molecule has 0 bridgehead atoms. The van der Waals surface area contributed by atoms with E-state index < -0.39 is 0 Å². The van der Waals surface area contributed by atoms with Crippen molar-refractivity contribution >= 4 is 11.7 Å². The predicted octanol–water partition coefficient (Wildman–Crippen LogP) is 5.05. The van der Waals surface area contributed by atoms with Crippen LogP contribution in [0.25, 0.3) is 0 Å². The summed E-state index contributed by atoms with van der Waals surface area (Å²) in [6.45, 7) is 2.04. The number of unbranched alkanes of at least 4 members (excludes halogenated alkanes) is 2. The maximum absolute atomic E-state index is 12.4. The lowest BCUT2D eigenvalue weighted by molar-refractivity contribution is -0.131. The Labute approximate surface area is 162 Å². The lowest BCUT2D eigenvalue weighted by Gasteiger charge is -2.25. The largest absolute Gasteiger partial charge is 0.497 e. The summed E-state index contributed by atoms with van der Waals surface area (Å²) in [5.41, 5.74) is 1.85. The molecule has 4 heteroatoms. The fourth-order valence-electron chi connectivity index (χ4n) is 3.01. The Morgan fingerprint density at radius 2 is 1.56 bits per heavy atom. The SMILES string of the molecule is COc1ccc(C(=O)CCCCCC(=O)N(C)[C@H](C)c2ccccc2)cc1. The maximum atomic E-state index is 12.4. The van der Waals surface area contributed by atoms with Gasteiger partial charge in [0.2, 0.25) is 5.91 Å². The molecule has 27 heavy (non-hydrogen) atoms. The molecule has 0 spiro atoms. The van der Waals surface area contributed by atoms with Gasteiger partial charge in [-0.15, -0.1) is 0 Å². The predicted molar refractivity (Wildman–Crippen MR) is 108 cm³/mol. The van der Waals surface area contributed by atoms with Crippen molar-refractivity contribution in [2.45, 2.75) is 45.1 Å². The van der Waals surface area contributed by atoms with Crippen LogP contribution in [0.1, 0.15) is 61.0 Å². The molecular formula is C23H29NO3. The number of ether oxygens (including phenoxy) is 1. The fourth-order valence-corrected chi connectivity index (χ4v) is 3.01. The van der Waals surface area contributed by atoms with Gasteiger partial charge in [-0.25, -0.2) is 0 Å². The zero-order chi connectivity index (χ0) is 19.6. The highest BCUT2D eigenvalue weighted by Gasteiger charge is 2.16. The monoisotopic (exact) mass is 367 g/mol. The molecule has 0 aliphatic rings. The smallest absolute Gasteiger partial charge is 0.222 e. The van der Waals surface area contributed by atoms with Gasteiger partial charge in [-0.3, -0.25) is 9.59 Å². The Balaban J connectivity index is 1.68. The summed E-state index contributed by atoms with van der Waals surface area (Å²) in [4.78, 5) is 26.4. The quantitative estimate of drug-likeness (QED) is 0.436.